The number of rotatable bonds is 8. The Balaban J connectivity index is 2.54. The Morgan fingerprint density at radius 1 is 1.25 bits per heavy atom. The summed E-state index contributed by atoms with van der Waals surface area (Å²) in [6.45, 7) is 1.59. The zero-order chi connectivity index (χ0) is 15.2. The van der Waals surface area contributed by atoms with Crippen LogP contribution in [0.4, 0.5) is 0 Å². The summed E-state index contributed by atoms with van der Waals surface area (Å²) in [5.74, 6) is -0.475. The lowest BCUT2D eigenvalue weighted by Gasteiger charge is -2.04. The summed E-state index contributed by atoms with van der Waals surface area (Å²) >= 11 is 0. The van der Waals surface area contributed by atoms with E-state index < -0.39 is 26.6 Å². The molecule has 0 amide bonds. The second-order valence-electron chi connectivity index (χ2n) is 4.35. The van der Waals surface area contributed by atoms with Crippen molar-refractivity contribution in [3.8, 4) is 0 Å². The molecule has 1 rings (SSSR count). The molecule has 1 unspecified atom stereocenters. The van der Waals surface area contributed by atoms with E-state index in [4.69, 9.17) is 5.11 Å². The first-order valence-corrected chi connectivity index (χ1v) is 9.37. The van der Waals surface area contributed by atoms with Crippen LogP contribution in [0, 0.1) is 0 Å². The smallest absolute Gasteiger partial charge is 0.307 e. The minimum atomic E-state index is -3.02. The highest BCUT2D eigenvalue weighted by Crippen LogP contribution is 2.11. The monoisotopic (exact) mass is 318 g/mol. The maximum atomic E-state index is 12.0. The van der Waals surface area contributed by atoms with Gasteiger partial charge in [0.25, 0.3) is 0 Å². The summed E-state index contributed by atoms with van der Waals surface area (Å²) in [6.07, 6.45) is 0.293. The van der Waals surface area contributed by atoms with Crippen molar-refractivity contribution in [3.63, 3.8) is 0 Å². The van der Waals surface area contributed by atoms with Crippen LogP contribution in [-0.4, -0.2) is 41.0 Å². The number of carbonyl (C=O) groups is 1. The molecule has 20 heavy (non-hydrogen) atoms. The van der Waals surface area contributed by atoms with Gasteiger partial charge < -0.3 is 5.11 Å². The lowest BCUT2D eigenvalue weighted by Crippen LogP contribution is -2.11. The van der Waals surface area contributed by atoms with Crippen molar-refractivity contribution in [3.05, 3.63) is 29.8 Å². The third-order valence-corrected chi connectivity index (χ3v) is 6.01. The number of aliphatic carboxylic acids is 1. The minimum Gasteiger partial charge on any atom is -0.481 e. The molecular formula is C13H18O5S2. The molecule has 5 nitrogen and oxygen atoms in total. The molecule has 0 heterocycles. The Bertz CT molecular complexity index is 575. The average molecular weight is 318 g/mol. The molecule has 7 heteroatoms. The Hall–Kier alpha value is -1.21. The highest BCUT2D eigenvalue weighted by Gasteiger charge is 2.10. The molecule has 0 radical (unpaired) electrons. The van der Waals surface area contributed by atoms with E-state index in [9.17, 15) is 17.4 Å². The van der Waals surface area contributed by atoms with Crippen LogP contribution >= 0.6 is 0 Å². The van der Waals surface area contributed by atoms with Crippen molar-refractivity contribution in [2.45, 2.75) is 24.7 Å². The van der Waals surface area contributed by atoms with E-state index in [1.165, 1.54) is 0 Å². The van der Waals surface area contributed by atoms with Crippen molar-refractivity contribution in [2.75, 3.05) is 17.3 Å². The Labute approximate surface area is 121 Å². The fraction of sp³-hybridized carbons (Fsp3) is 0.462. The van der Waals surface area contributed by atoms with Crippen molar-refractivity contribution in [1.29, 1.82) is 0 Å². The number of carboxylic acids is 1. The molecule has 112 valence electrons. The van der Waals surface area contributed by atoms with E-state index >= 15 is 0 Å². The summed E-state index contributed by atoms with van der Waals surface area (Å²) in [5.41, 5.74) is 0.645. The third kappa shape index (κ3) is 5.83. The Morgan fingerprint density at radius 3 is 2.35 bits per heavy atom. The van der Waals surface area contributed by atoms with E-state index in [-0.39, 0.29) is 23.7 Å². The molecule has 0 saturated carbocycles. The summed E-state index contributed by atoms with van der Waals surface area (Å²) in [4.78, 5) is 11.1. The molecule has 0 spiro atoms. The molecule has 1 aromatic carbocycles. The highest BCUT2D eigenvalue weighted by molar-refractivity contribution is 7.91. The number of hydrogen-bond donors (Lipinski definition) is 1. The molecule has 0 bridgehead atoms. The first-order valence-electron chi connectivity index (χ1n) is 6.23. The van der Waals surface area contributed by atoms with Gasteiger partial charge in [0, 0.05) is 16.4 Å². The van der Waals surface area contributed by atoms with Gasteiger partial charge in [-0.3, -0.25) is 9.00 Å². The maximum Gasteiger partial charge on any atom is 0.307 e. The quantitative estimate of drug-likeness (QED) is 0.779. The summed E-state index contributed by atoms with van der Waals surface area (Å²) in [5, 5.41) is 8.64. The van der Waals surface area contributed by atoms with Gasteiger partial charge in [-0.05, 0) is 24.1 Å². The molecule has 1 N–H and O–H groups in total. The summed E-state index contributed by atoms with van der Waals surface area (Å²) in [7, 11) is -4.27. The van der Waals surface area contributed by atoms with Gasteiger partial charge in [0.15, 0.2) is 0 Å². The van der Waals surface area contributed by atoms with Crippen molar-refractivity contribution in [2.24, 2.45) is 0 Å². The van der Waals surface area contributed by atoms with Crippen molar-refractivity contribution in [1.82, 2.24) is 0 Å². The highest BCUT2D eigenvalue weighted by atomic mass is 32.2. The van der Waals surface area contributed by atoms with E-state index in [2.05, 4.69) is 0 Å². The van der Waals surface area contributed by atoms with Gasteiger partial charge in [-0.15, -0.1) is 0 Å². The molecule has 0 aliphatic rings. The molecular weight excluding hydrogens is 300 g/mol. The van der Waals surface area contributed by atoms with E-state index in [1.54, 1.807) is 31.2 Å². The van der Waals surface area contributed by atoms with Crippen LogP contribution in [0.1, 0.15) is 18.9 Å². The van der Waals surface area contributed by atoms with Crippen LogP contribution < -0.4 is 0 Å². The Morgan fingerprint density at radius 2 is 1.85 bits per heavy atom. The number of carboxylic acid groups (broad SMARTS) is 1. The van der Waals surface area contributed by atoms with Gasteiger partial charge in [0.05, 0.1) is 23.0 Å². The number of hydrogen-bond acceptors (Lipinski definition) is 4. The van der Waals surface area contributed by atoms with Crippen molar-refractivity contribution < 1.29 is 22.5 Å². The Kier molecular flexibility index (Phi) is 6.35. The number of benzene rings is 1. The normalized spacial score (nSPS) is 13.1. The van der Waals surface area contributed by atoms with Crippen LogP contribution in [0.15, 0.2) is 29.2 Å². The van der Waals surface area contributed by atoms with Crippen molar-refractivity contribution >= 4 is 26.6 Å². The van der Waals surface area contributed by atoms with Crippen LogP contribution in [-0.2, 0) is 31.9 Å². The van der Waals surface area contributed by atoms with Crippen LogP contribution in [0.5, 0.6) is 0 Å². The fourth-order valence-electron chi connectivity index (χ4n) is 1.61. The predicted octanol–water partition coefficient (Wildman–Crippen LogP) is 1.25. The lowest BCUT2D eigenvalue weighted by molar-refractivity contribution is -0.136. The van der Waals surface area contributed by atoms with Crippen LogP contribution in [0.3, 0.4) is 0 Å². The summed E-state index contributed by atoms with van der Waals surface area (Å²) < 4.78 is 34.6. The predicted molar refractivity (Wildman–Crippen MR) is 78.0 cm³/mol. The first-order chi connectivity index (χ1) is 9.34. The maximum absolute atomic E-state index is 12.0. The molecule has 0 fully saturated rings. The standard InChI is InChI=1S/C13H18O5S2/c1-2-20(17,18)9-3-8-19(16)12-6-4-11(5-7-12)10-13(14)15/h4-7H,2-3,8-10H2,1H3,(H,14,15). The van der Waals surface area contributed by atoms with Gasteiger partial charge in [0.1, 0.15) is 9.84 Å². The molecule has 1 atom stereocenters. The largest absolute Gasteiger partial charge is 0.481 e. The summed E-state index contributed by atoms with van der Waals surface area (Å²) in [6, 6.07) is 6.51. The molecule has 0 saturated heterocycles. The SMILES string of the molecule is CCS(=O)(=O)CCCS(=O)c1ccc(CC(=O)O)cc1. The molecule has 0 aromatic heterocycles. The van der Waals surface area contributed by atoms with E-state index in [0.717, 1.165) is 0 Å². The average Bonchev–Trinajstić information content (AvgIpc) is 2.38. The van der Waals surface area contributed by atoms with Crippen LogP contribution in [0.2, 0.25) is 0 Å². The zero-order valence-electron chi connectivity index (χ0n) is 11.2. The molecule has 1 aromatic rings. The second kappa shape index (κ2) is 7.54. The first kappa shape index (κ1) is 16.8. The fourth-order valence-corrected chi connectivity index (χ4v) is 3.74. The van der Waals surface area contributed by atoms with Gasteiger partial charge in [0.2, 0.25) is 0 Å². The minimum absolute atomic E-state index is 0.0480. The second-order valence-corrected chi connectivity index (χ2v) is 8.40. The van der Waals surface area contributed by atoms with Gasteiger partial charge in [-0.2, -0.15) is 0 Å². The third-order valence-electron chi connectivity index (χ3n) is 2.77. The lowest BCUT2D eigenvalue weighted by atomic mass is 10.2. The van der Waals surface area contributed by atoms with E-state index in [0.29, 0.717) is 16.9 Å². The molecule has 0 aliphatic heterocycles. The van der Waals surface area contributed by atoms with Gasteiger partial charge in [-0.1, -0.05) is 19.1 Å². The van der Waals surface area contributed by atoms with Gasteiger partial charge >= 0.3 is 5.97 Å². The van der Waals surface area contributed by atoms with Gasteiger partial charge in [-0.25, -0.2) is 8.42 Å². The van der Waals surface area contributed by atoms with Crippen LogP contribution in [0.25, 0.3) is 0 Å². The van der Waals surface area contributed by atoms with E-state index in [1.807, 2.05) is 0 Å². The number of sulfone groups is 1. The zero-order valence-corrected chi connectivity index (χ0v) is 12.9. The molecule has 0 aliphatic carbocycles. The topological polar surface area (TPSA) is 88.5 Å².